The van der Waals surface area contributed by atoms with Crippen LogP contribution in [0.5, 0.6) is 0 Å². The van der Waals surface area contributed by atoms with E-state index in [-0.39, 0.29) is 5.91 Å². The molecular weight excluding hydrogens is 376 g/mol. The predicted octanol–water partition coefficient (Wildman–Crippen LogP) is 3.05. The number of nitrogens with zero attached hydrogens (tertiary/aromatic N) is 5. The Labute approximate surface area is 175 Å². The van der Waals surface area contributed by atoms with Crippen molar-refractivity contribution in [3.05, 3.63) is 59.4 Å². The van der Waals surface area contributed by atoms with Crippen LogP contribution in [0.3, 0.4) is 0 Å². The van der Waals surface area contributed by atoms with Crippen molar-refractivity contribution in [1.29, 1.82) is 5.26 Å². The van der Waals surface area contributed by atoms with Gasteiger partial charge in [-0.1, -0.05) is 12.1 Å². The van der Waals surface area contributed by atoms with E-state index in [9.17, 15) is 4.79 Å². The zero-order chi connectivity index (χ0) is 20.5. The summed E-state index contributed by atoms with van der Waals surface area (Å²) in [6.45, 7) is 3.93. The predicted molar refractivity (Wildman–Crippen MR) is 114 cm³/mol. The maximum Gasteiger partial charge on any atom is 0.255 e. The third-order valence-corrected chi connectivity index (χ3v) is 6.10. The Hall–Kier alpha value is -3.53. The highest BCUT2D eigenvalue weighted by Gasteiger charge is 2.25. The van der Waals surface area contributed by atoms with Gasteiger partial charge in [0.1, 0.15) is 0 Å². The van der Waals surface area contributed by atoms with Gasteiger partial charge in [-0.05, 0) is 43.0 Å². The highest BCUT2D eigenvalue weighted by Crippen LogP contribution is 2.24. The Kier molecular flexibility index (Phi) is 4.75. The number of H-pyrrole nitrogens is 1. The molecule has 7 nitrogen and oxygen atoms in total. The monoisotopic (exact) mass is 400 g/mol. The van der Waals surface area contributed by atoms with Gasteiger partial charge in [-0.3, -0.25) is 9.89 Å². The molecule has 3 aromatic rings. The van der Waals surface area contributed by atoms with E-state index < -0.39 is 0 Å². The molecule has 2 aliphatic rings. The van der Waals surface area contributed by atoms with Crippen LogP contribution in [-0.4, -0.2) is 51.8 Å². The van der Waals surface area contributed by atoms with Gasteiger partial charge in [0, 0.05) is 50.7 Å². The number of aromatic amines is 1. The summed E-state index contributed by atoms with van der Waals surface area (Å²) in [5, 5.41) is 16.5. The molecule has 0 bridgehead atoms. The molecule has 5 rings (SSSR count). The Morgan fingerprint density at radius 3 is 2.57 bits per heavy atom. The van der Waals surface area contributed by atoms with Crippen LogP contribution in [0.4, 0.5) is 5.82 Å². The van der Waals surface area contributed by atoms with Gasteiger partial charge in [0.25, 0.3) is 5.91 Å². The molecule has 1 amide bonds. The number of carbonyl (C=O) groups is 1. The Morgan fingerprint density at radius 2 is 1.83 bits per heavy atom. The fourth-order valence-electron chi connectivity index (χ4n) is 4.35. The molecule has 0 atom stereocenters. The lowest BCUT2D eigenvalue weighted by atomic mass is 10.1. The number of nitriles is 1. The smallest absolute Gasteiger partial charge is 0.255 e. The van der Waals surface area contributed by atoms with Gasteiger partial charge >= 0.3 is 0 Å². The minimum absolute atomic E-state index is 0.136. The zero-order valence-electron chi connectivity index (χ0n) is 16.8. The van der Waals surface area contributed by atoms with E-state index in [4.69, 9.17) is 5.26 Å². The van der Waals surface area contributed by atoms with Gasteiger partial charge in [0.15, 0.2) is 5.82 Å². The topological polar surface area (TPSA) is 80.9 Å². The third kappa shape index (κ3) is 3.45. The van der Waals surface area contributed by atoms with Gasteiger partial charge in [-0.25, -0.2) is 0 Å². The fourth-order valence-corrected chi connectivity index (χ4v) is 4.35. The van der Waals surface area contributed by atoms with Gasteiger partial charge in [0.2, 0.25) is 0 Å². The summed E-state index contributed by atoms with van der Waals surface area (Å²) in [5.41, 5.74) is 4.67. The summed E-state index contributed by atoms with van der Waals surface area (Å²) in [6.07, 6.45) is 5.51. The van der Waals surface area contributed by atoms with Crippen molar-refractivity contribution < 1.29 is 4.79 Å². The molecule has 30 heavy (non-hydrogen) atoms. The largest absolute Gasteiger partial charge is 0.352 e. The molecule has 0 radical (unpaired) electrons. The lowest BCUT2D eigenvalue weighted by Gasteiger charge is -2.34. The number of piperazine rings is 1. The average molecular weight is 400 g/mol. The number of hydrogen-bond acceptors (Lipinski definition) is 4. The van der Waals surface area contributed by atoms with Crippen molar-refractivity contribution in [2.24, 2.45) is 0 Å². The number of amides is 1. The van der Waals surface area contributed by atoms with E-state index in [0.29, 0.717) is 18.7 Å². The third-order valence-electron chi connectivity index (χ3n) is 6.10. The average Bonchev–Trinajstić information content (AvgIpc) is 3.46. The summed E-state index contributed by atoms with van der Waals surface area (Å²) in [6, 6.07) is 13.7. The van der Waals surface area contributed by atoms with Crippen molar-refractivity contribution in [3.8, 4) is 17.3 Å². The molecular formula is C23H24N6O. The standard InChI is InChI=1S/C23H24N6O/c24-15-17-4-6-18(7-5-17)21-14-22(26-25-21)27-9-11-28(12-10-27)23(30)19-13-20-3-1-2-8-29(20)16-19/h4-7,13-14,16H,1-3,8-12H2,(H,25,26). The van der Waals surface area contributed by atoms with E-state index in [1.54, 1.807) is 12.1 Å². The first-order chi connectivity index (χ1) is 14.7. The van der Waals surface area contributed by atoms with Crippen LogP contribution >= 0.6 is 0 Å². The maximum atomic E-state index is 13.0. The minimum Gasteiger partial charge on any atom is -0.352 e. The molecule has 7 heteroatoms. The molecule has 2 aromatic heterocycles. The minimum atomic E-state index is 0.136. The highest BCUT2D eigenvalue weighted by molar-refractivity contribution is 5.94. The first kappa shape index (κ1) is 18.5. The first-order valence-electron chi connectivity index (χ1n) is 10.5. The van der Waals surface area contributed by atoms with Gasteiger partial charge < -0.3 is 14.4 Å². The molecule has 0 unspecified atom stereocenters. The van der Waals surface area contributed by atoms with Crippen LogP contribution in [-0.2, 0) is 13.0 Å². The molecule has 0 spiro atoms. The maximum absolute atomic E-state index is 13.0. The fraction of sp³-hybridized carbons (Fsp3) is 0.348. The summed E-state index contributed by atoms with van der Waals surface area (Å²) < 4.78 is 2.24. The van der Waals surface area contributed by atoms with E-state index in [1.807, 2.05) is 29.3 Å². The number of aryl methyl sites for hydroxylation is 2. The summed E-state index contributed by atoms with van der Waals surface area (Å²) in [7, 11) is 0. The summed E-state index contributed by atoms with van der Waals surface area (Å²) >= 11 is 0. The van der Waals surface area contributed by atoms with Crippen molar-refractivity contribution in [1.82, 2.24) is 19.7 Å². The highest BCUT2D eigenvalue weighted by atomic mass is 16.2. The number of rotatable bonds is 3. The molecule has 1 aromatic carbocycles. The first-order valence-corrected chi connectivity index (χ1v) is 10.5. The van der Waals surface area contributed by atoms with Crippen LogP contribution < -0.4 is 4.90 Å². The SMILES string of the molecule is N#Cc1ccc(-c2cc(N3CCN(C(=O)c4cc5n(c4)CCCC5)CC3)n[nH]2)cc1. The second-order valence-corrected chi connectivity index (χ2v) is 7.98. The van der Waals surface area contributed by atoms with Gasteiger partial charge in [-0.2, -0.15) is 10.4 Å². The van der Waals surface area contributed by atoms with Crippen LogP contribution in [0.1, 0.15) is 34.5 Å². The molecule has 1 N–H and O–H groups in total. The number of nitrogens with one attached hydrogen (secondary N) is 1. The van der Waals surface area contributed by atoms with Crippen molar-refractivity contribution in [3.63, 3.8) is 0 Å². The number of aromatic nitrogens is 3. The van der Waals surface area contributed by atoms with Crippen molar-refractivity contribution in [2.75, 3.05) is 31.1 Å². The van der Waals surface area contributed by atoms with Gasteiger partial charge in [0.05, 0.1) is 22.9 Å². The molecule has 0 aliphatic carbocycles. The number of fused-ring (bicyclic) bond motifs is 1. The summed E-state index contributed by atoms with van der Waals surface area (Å²) in [4.78, 5) is 17.1. The Bertz CT molecular complexity index is 1070. The number of hydrogen-bond donors (Lipinski definition) is 1. The summed E-state index contributed by atoms with van der Waals surface area (Å²) in [5.74, 6) is 1.03. The van der Waals surface area contributed by atoms with Crippen molar-refractivity contribution in [2.45, 2.75) is 25.8 Å². The van der Waals surface area contributed by atoms with Crippen LogP contribution in [0.2, 0.25) is 0 Å². The Balaban J connectivity index is 1.23. The number of anilines is 1. The van der Waals surface area contributed by atoms with E-state index in [0.717, 1.165) is 48.7 Å². The Morgan fingerprint density at radius 1 is 1.03 bits per heavy atom. The second-order valence-electron chi connectivity index (χ2n) is 7.98. The second kappa shape index (κ2) is 7.71. The molecule has 1 saturated heterocycles. The normalized spacial score (nSPS) is 16.2. The molecule has 152 valence electrons. The van der Waals surface area contributed by atoms with Crippen molar-refractivity contribution >= 4 is 11.7 Å². The molecule has 1 fully saturated rings. The molecule has 0 saturated carbocycles. The van der Waals surface area contributed by atoms with Gasteiger partial charge in [-0.15, -0.1) is 0 Å². The molecule has 4 heterocycles. The zero-order valence-corrected chi connectivity index (χ0v) is 16.8. The number of benzene rings is 1. The quantitative estimate of drug-likeness (QED) is 0.733. The van der Waals surface area contributed by atoms with E-state index >= 15 is 0 Å². The lowest BCUT2D eigenvalue weighted by Crippen LogP contribution is -2.48. The van der Waals surface area contributed by atoms with E-state index in [1.165, 1.54) is 18.5 Å². The van der Waals surface area contributed by atoms with Crippen LogP contribution in [0, 0.1) is 11.3 Å². The lowest BCUT2D eigenvalue weighted by molar-refractivity contribution is 0.0746. The number of carbonyl (C=O) groups excluding carboxylic acids is 1. The molecule has 2 aliphatic heterocycles. The van der Waals surface area contributed by atoms with Crippen LogP contribution in [0.25, 0.3) is 11.3 Å². The van der Waals surface area contributed by atoms with E-state index in [2.05, 4.69) is 31.8 Å². The van der Waals surface area contributed by atoms with Crippen LogP contribution in [0.15, 0.2) is 42.6 Å².